The highest BCUT2D eigenvalue weighted by atomic mass is 16.5. The van der Waals surface area contributed by atoms with Crippen molar-refractivity contribution in [1.29, 1.82) is 0 Å². The van der Waals surface area contributed by atoms with E-state index in [1.165, 1.54) is 44.2 Å². The fourth-order valence-corrected chi connectivity index (χ4v) is 5.14. The Hall–Kier alpha value is -2.73. The number of carboxylic acids is 1. The van der Waals surface area contributed by atoms with Crippen molar-refractivity contribution in [1.82, 2.24) is 4.90 Å². The zero-order valence-electron chi connectivity index (χ0n) is 20.5. The zero-order valence-corrected chi connectivity index (χ0v) is 20.5. The van der Waals surface area contributed by atoms with Crippen LogP contribution in [0.25, 0.3) is 0 Å². The van der Waals surface area contributed by atoms with Gasteiger partial charge in [-0.3, -0.25) is 4.90 Å². The molecular weight excluding hydrogens is 426 g/mol. The van der Waals surface area contributed by atoms with Crippen LogP contribution in [0.15, 0.2) is 48.5 Å². The summed E-state index contributed by atoms with van der Waals surface area (Å²) < 4.78 is 5.95. The zero-order chi connectivity index (χ0) is 23.8. The van der Waals surface area contributed by atoms with Gasteiger partial charge in [-0.25, -0.2) is 4.79 Å². The summed E-state index contributed by atoms with van der Waals surface area (Å²) in [5.41, 5.74) is 2.73. The molecule has 2 aromatic rings. The first kappa shape index (κ1) is 24.4. The van der Waals surface area contributed by atoms with E-state index in [1.54, 1.807) is 12.1 Å². The van der Waals surface area contributed by atoms with Gasteiger partial charge in [-0.2, -0.15) is 0 Å². The minimum Gasteiger partial charge on any atom is -0.494 e. The smallest absolute Gasteiger partial charge is 0.335 e. The Balaban J connectivity index is 1.32. The monoisotopic (exact) mass is 465 g/mol. The summed E-state index contributed by atoms with van der Waals surface area (Å²) >= 11 is 0. The van der Waals surface area contributed by atoms with E-state index in [2.05, 4.69) is 45.9 Å². The predicted octanol–water partition coefficient (Wildman–Crippen LogP) is 5.48. The lowest BCUT2D eigenvalue weighted by atomic mass is 10.0. The average Bonchev–Trinajstić information content (AvgIpc) is 2.89. The van der Waals surface area contributed by atoms with E-state index in [4.69, 9.17) is 9.84 Å². The molecule has 0 aliphatic carbocycles. The summed E-state index contributed by atoms with van der Waals surface area (Å²) in [6.07, 6.45) is 9.04. The van der Waals surface area contributed by atoms with Gasteiger partial charge in [-0.15, -0.1) is 0 Å². The normalized spacial score (nSPS) is 19.3. The van der Waals surface area contributed by atoms with Crippen LogP contribution >= 0.6 is 0 Å². The highest BCUT2D eigenvalue weighted by molar-refractivity contribution is 5.88. The molecule has 2 saturated heterocycles. The van der Waals surface area contributed by atoms with Crippen molar-refractivity contribution in [2.24, 2.45) is 0 Å². The Labute approximate surface area is 204 Å². The standard InChI is InChI=1S/C28H39N3O3/c1-2-3-4-7-22-34-26-15-13-25(14-16-26)31-17-6-5-8-27(31)30-20-18-29(19-21-30)24-11-9-23(10-12-24)28(32)33/h9-16,27H,2-8,17-22H2,1H3,(H,32,33). The van der Waals surface area contributed by atoms with E-state index in [0.29, 0.717) is 11.7 Å². The van der Waals surface area contributed by atoms with E-state index in [9.17, 15) is 4.79 Å². The number of hydrogen-bond acceptors (Lipinski definition) is 5. The molecule has 4 rings (SSSR count). The third-order valence-electron chi connectivity index (χ3n) is 7.12. The predicted molar refractivity (Wildman–Crippen MR) is 138 cm³/mol. The first-order valence-electron chi connectivity index (χ1n) is 13.0. The Kier molecular flexibility index (Phi) is 8.69. The van der Waals surface area contributed by atoms with Crippen molar-refractivity contribution in [3.05, 3.63) is 54.1 Å². The van der Waals surface area contributed by atoms with Gasteiger partial charge in [-0.05, 0) is 74.2 Å². The van der Waals surface area contributed by atoms with Gasteiger partial charge in [0.05, 0.1) is 18.3 Å². The van der Waals surface area contributed by atoms with Crippen LogP contribution in [0.5, 0.6) is 5.75 Å². The van der Waals surface area contributed by atoms with Crippen molar-refractivity contribution in [2.45, 2.75) is 58.0 Å². The van der Waals surface area contributed by atoms with Crippen LogP contribution in [0, 0.1) is 0 Å². The van der Waals surface area contributed by atoms with Crippen molar-refractivity contribution in [3.8, 4) is 5.75 Å². The number of hydrogen-bond donors (Lipinski definition) is 1. The molecule has 0 radical (unpaired) electrons. The van der Waals surface area contributed by atoms with Crippen LogP contribution in [0.2, 0.25) is 0 Å². The number of unbranched alkanes of at least 4 members (excludes halogenated alkanes) is 3. The van der Waals surface area contributed by atoms with E-state index < -0.39 is 5.97 Å². The summed E-state index contributed by atoms with van der Waals surface area (Å²) in [5, 5.41) is 9.13. The number of rotatable bonds is 10. The Morgan fingerprint density at radius 3 is 2.26 bits per heavy atom. The van der Waals surface area contributed by atoms with Crippen LogP contribution in [0.1, 0.15) is 62.2 Å². The topological polar surface area (TPSA) is 56.2 Å². The van der Waals surface area contributed by atoms with Gasteiger partial charge in [-0.1, -0.05) is 26.2 Å². The SMILES string of the molecule is CCCCCCOc1ccc(N2CCCCC2N2CCN(c3ccc(C(=O)O)cc3)CC2)cc1. The molecule has 184 valence electrons. The number of ether oxygens (including phenoxy) is 1. The maximum absolute atomic E-state index is 11.1. The number of carbonyl (C=O) groups is 1. The third kappa shape index (κ3) is 6.23. The fraction of sp³-hybridized carbons (Fsp3) is 0.536. The Bertz CT molecular complexity index is 892. The second kappa shape index (κ2) is 12.1. The second-order valence-electron chi connectivity index (χ2n) is 9.45. The van der Waals surface area contributed by atoms with Gasteiger partial charge < -0.3 is 19.6 Å². The number of piperidine rings is 1. The van der Waals surface area contributed by atoms with Gasteiger partial charge in [0, 0.05) is 44.1 Å². The second-order valence-corrected chi connectivity index (χ2v) is 9.45. The van der Waals surface area contributed by atoms with Crippen molar-refractivity contribution < 1.29 is 14.6 Å². The van der Waals surface area contributed by atoms with Gasteiger partial charge in [0.15, 0.2) is 0 Å². The molecule has 0 aromatic heterocycles. The number of piperazine rings is 1. The lowest BCUT2D eigenvalue weighted by Gasteiger charge is -2.47. The Morgan fingerprint density at radius 1 is 0.882 bits per heavy atom. The molecule has 0 bridgehead atoms. The number of aromatic carboxylic acids is 1. The molecule has 1 N–H and O–H groups in total. The first-order valence-corrected chi connectivity index (χ1v) is 13.0. The van der Waals surface area contributed by atoms with E-state index in [-0.39, 0.29) is 0 Å². The molecule has 2 aliphatic rings. The third-order valence-corrected chi connectivity index (χ3v) is 7.12. The van der Waals surface area contributed by atoms with Gasteiger partial charge >= 0.3 is 5.97 Å². The summed E-state index contributed by atoms with van der Waals surface area (Å²) in [4.78, 5) is 18.7. The molecule has 0 amide bonds. The summed E-state index contributed by atoms with van der Waals surface area (Å²) in [6.45, 7) is 8.08. The summed E-state index contributed by atoms with van der Waals surface area (Å²) in [7, 11) is 0. The molecule has 1 unspecified atom stereocenters. The molecule has 2 heterocycles. The van der Waals surface area contributed by atoms with Gasteiger partial charge in [0.1, 0.15) is 5.75 Å². The fourth-order valence-electron chi connectivity index (χ4n) is 5.14. The minimum absolute atomic E-state index is 0.341. The molecule has 1 atom stereocenters. The number of nitrogens with zero attached hydrogens (tertiary/aromatic N) is 3. The molecule has 0 saturated carbocycles. The quantitative estimate of drug-likeness (QED) is 0.469. The van der Waals surface area contributed by atoms with Crippen LogP contribution < -0.4 is 14.5 Å². The van der Waals surface area contributed by atoms with Crippen molar-refractivity contribution in [3.63, 3.8) is 0 Å². The van der Waals surface area contributed by atoms with Crippen molar-refractivity contribution >= 4 is 17.3 Å². The lowest BCUT2D eigenvalue weighted by Crippen LogP contribution is -2.57. The number of carboxylic acid groups (broad SMARTS) is 1. The molecule has 0 spiro atoms. The molecule has 2 fully saturated rings. The average molecular weight is 466 g/mol. The maximum atomic E-state index is 11.1. The maximum Gasteiger partial charge on any atom is 0.335 e. The van der Waals surface area contributed by atoms with Gasteiger partial charge in [0.2, 0.25) is 0 Å². The first-order chi connectivity index (χ1) is 16.7. The van der Waals surface area contributed by atoms with Crippen molar-refractivity contribution in [2.75, 3.05) is 49.1 Å². The summed E-state index contributed by atoms with van der Waals surface area (Å²) in [5.74, 6) is 0.0941. The van der Waals surface area contributed by atoms with Crippen LogP contribution in [0.4, 0.5) is 11.4 Å². The molecule has 34 heavy (non-hydrogen) atoms. The van der Waals surface area contributed by atoms with E-state index in [0.717, 1.165) is 57.2 Å². The highest BCUT2D eigenvalue weighted by Crippen LogP contribution is 2.30. The highest BCUT2D eigenvalue weighted by Gasteiger charge is 2.30. The molecule has 6 nitrogen and oxygen atoms in total. The lowest BCUT2D eigenvalue weighted by molar-refractivity contribution is 0.0697. The largest absolute Gasteiger partial charge is 0.494 e. The van der Waals surface area contributed by atoms with Crippen LogP contribution in [-0.2, 0) is 0 Å². The van der Waals surface area contributed by atoms with Gasteiger partial charge in [0.25, 0.3) is 0 Å². The van der Waals surface area contributed by atoms with Crippen LogP contribution in [0.3, 0.4) is 0 Å². The van der Waals surface area contributed by atoms with Crippen LogP contribution in [-0.4, -0.2) is 61.5 Å². The molecule has 6 heteroatoms. The molecular formula is C28H39N3O3. The summed E-state index contributed by atoms with van der Waals surface area (Å²) in [6, 6.07) is 16.0. The Morgan fingerprint density at radius 2 is 1.59 bits per heavy atom. The number of benzene rings is 2. The minimum atomic E-state index is -0.875. The molecule has 2 aliphatic heterocycles. The van der Waals surface area contributed by atoms with E-state index >= 15 is 0 Å². The van der Waals surface area contributed by atoms with E-state index in [1.807, 2.05) is 12.1 Å². The number of anilines is 2. The molecule has 2 aromatic carbocycles.